The van der Waals surface area contributed by atoms with Crippen LogP contribution >= 0.6 is 11.3 Å². The molecule has 0 aliphatic heterocycles. The van der Waals surface area contributed by atoms with E-state index in [0.717, 1.165) is 18.5 Å². The maximum atomic E-state index is 12.0. The number of fused-ring (bicyclic) bond motifs is 2. The molecule has 2 aliphatic rings. The van der Waals surface area contributed by atoms with Crippen LogP contribution in [0.4, 0.5) is 0 Å². The average Bonchev–Trinajstić information content (AvgIpc) is 3.09. The van der Waals surface area contributed by atoms with Crippen LogP contribution in [-0.2, 0) is 16.1 Å². The van der Waals surface area contributed by atoms with Gasteiger partial charge < -0.3 is 4.74 Å². The van der Waals surface area contributed by atoms with Gasteiger partial charge >= 0.3 is 10.8 Å². The van der Waals surface area contributed by atoms with Crippen molar-refractivity contribution in [1.82, 2.24) is 4.57 Å². The van der Waals surface area contributed by atoms with E-state index >= 15 is 0 Å². The lowest BCUT2D eigenvalue weighted by atomic mass is 9.94. The molecule has 3 rings (SSSR count). The summed E-state index contributed by atoms with van der Waals surface area (Å²) in [5.41, 5.74) is 0.925. The Labute approximate surface area is 115 Å². The Hall–Kier alpha value is -1.36. The van der Waals surface area contributed by atoms with Crippen LogP contribution in [0.5, 0.6) is 0 Å². The van der Waals surface area contributed by atoms with Gasteiger partial charge in [-0.3, -0.25) is 14.2 Å². The van der Waals surface area contributed by atoms with E-state index < -0.39 is 0 Å². The van der Waals surface area contributed by atoms with Gasteiger partial charge in [-0.15, -0.1) is 0 Å². The molecule has 0 saturated heterocycles. The monoisotopic (exact) mass is 279 g/mol. The molecular formula is C14H17NO3S. The maximum Gasteiger partial charge on any atom is 0.309 e. The normalized spacial score (nSPS) is 27.9. The van der Waals surface area contributed by atoms with Gasteiger partial charge in [-0.25, -0.2) is 0 Å². The molecule has 2 aliphatic carbocycles. The number of hydrogen-bond acceptors (Lipinski definition) is 4. The van der Waals surface area contributed by atoms with E-state index in [4.69, 9.17) is 4.74 Å². The molecule has 3 atom stereocenters. The molecule has 2 bridgehead atoms. The smallest absolute Gasteiger partial charge is 0.309 e. The topological polar surface area (TPSA) is 48.3 Å². The molecule has 0 amide bonds. The molecule has 1 heterocycles. The van der Waals surface area contributed by atoms with Crippen LogP contribution in [-0.4, -0.2) is 17.1 Å². The summed E-state index contributed by atoms with van der Waals surface area (Å²) < 4.78 is 6.99. The van der Waals surface area contributed by atoms with Crippen molar-refractivity contribution in [3.8, 4) is 0 Å². The molecule has 19 heavy (non-hydrogen) atoms. The molecule has 102 valence electrons. The number of ether oxygens (including phenoxy) is 1. The molecule has 1 aromatic heterocycles. The number of hydrogen-bond donors (Lipinski definition) is 0. The lowest BCUT2D eigenvalue weighted by Crippen LogP contribution is -2.25. The number of esters is 1. The predicted octanol–water partition coefficient (Wildman–Crippen LogP) is 1.97. The summed E-state index contributed by atoms with van der Waals surface area (Å²) in [6, 6.07) is 0. The fourth-order valence-corrected chi connectivity index (χ4v) is 3.83. The Morgan fingerprint density at radius 2 is 2.32 bits per heavy atom. The minimum absolute atomic E-state index is 0.0106. The van der Waals surface area contributed by atoms with Crippen LogP contribution in [0.3, 0.4) is 0 Å². The molecule has 3 unspecified atom stereocenters. The van der Waals surface area contributed by atoms with E-state index in [1.165, 1.54) is 11.3 Å². The molecule has 0 aromatic carbocycles. The first-order valence-corrected chi connectivity index (χ1v) is 7.53. The van der Waals surface area contributed by atoms with Crippen molar-refractivity contribution < 1.29 is 9.53 Å². The molecule has 5 heteroatoms. The van der Waals surface area contributed by atoms with Crippen LogP contribution in [0.2, 0.25) is 0 Å². The lowest BCUT2D eigenvalue weighted by molar-refractivity contribution is -0.149. The van der Waals surface area contributed by atoms with E-state index in [1.807, 2.05) is 12.3 Å². The Morgan fingerprint density at radius 3 is 2.89 bits per heavy atom. The number of aromatic nitrogens is 1. The minimum Gasteiger partial charge on any atom is -0.464 e. The quantitative estimate of drug-likeness (QED) is 0.625. The number of nitrogens with zero attached hydrogens (tertiary/aromatic N) is 1. The summed E-state index contributed by atoms with van der Waals surface area (Å²) in [5, 5.41) is 1.82. The zero-order valence-electron chi connectivity index (χ0n) is 10.9. The van der Waals surface area contributed by atoms with Crippen LogP contribution in [0, 0.1) is 24.7 Å². The third-order valence-electron chi connectivity index (χ3n) is 4.12. The number of carbonyl (C=O) groups excluding carboxylic acids is 1. The third kappa shape index (κ3) is 2.39. The molecule has 0 radical (unpaired) electrons. The molecule has 1 saturated carbocycles. The third-order valence-corrected chi connectivity index (χ3v) is 5.00. The van der Waals surface area contributed by atoms with Gasteiger partial charge in [0.15, 0.2) is 0 Å². The van der Waals surface area contributed by atoms with Crippen molar-refractivity contribution >= 4 is 17.3 Å². The molecular weight excluding hydrogens is 262 g/mol. The van der Waals surface area contributed by atoms with Gasteiger partial charge in [0.2, 0.25) is 0 Å². The zero-order chi connectivity index (χ0) is 13.4. The van der Waals surface area contributed by atoms with Gasteiger partial charge in [-0.05, 0) is 31.6 Å². The summed E-state index contributed by atoms with van der Waals surface area (Å²) >= 11 is 1.18. The summed E-state index contributed by atoms with van der Waals surface area (Å²) in [6.45, 7) is 2.63. The summed E-state index contributed by atoms with van der Waals surface area (Å²) in [4.78, 5) is 23.5. The molecule has 0 N–H and O–H groups in total. The second kappa shape index (κ2) is 4.96. The van der Waals surface area contributed by atoms with E-state index in [9.17, 15) is 9.59 Å². The first-order valence-electron chi connectivity index (χ1n) is 6.65. The van der Waals surface area contributed by atoms with Gasteiger partial charge in [0, 0.05) is 11.1 Å². The number of thiazole rings is 1. The highest BCUT2D eigenvalue weighted by Crippen LogP contribution is 2.43. The second-order valence-electron chi connectivity index (χ2n) is 5.35. The van der Waals surface area contributed by atoms with E-state index in [2.05, 4.69) is 12.2 Å². The fourth-order valence-electron chi connectivity index (χ4n) is 3.07. The Bertz CT molecular complexity index is 571. The number of aryl methyl sites for hydroxylation is 1. The summed E-state index contributed by atoms with van der Waals surface area (Å²) in [7, 11) is 0. The van der Waals surface area contributed by atoms with E-state index in [-0.39, 0.29) is 23.4 Å². The molecule has 0 spiro atoms. The van der Waals surface area contributed by atoms with Crippen molar-refractivity contribution in [2.75, 3.05) is 6.61 Å². The number of carbonyl (C=O) groups is 1. The highest BCUT2D eigenvalue weighted by molar-refractivity contribution is 7.07. The highest BCUT2D eigenvalue weighted by atomic mass is 32.1. The van der Waals surface area contributed by atoms with Crippen molar-refractivity contribution in [3.63, 3.8) is 0 Å². The Morgan fingerprint density at radius 1 is 1.47 bits per heavy atom. The standard InChI is InChI=1S/C14H17NO3S/c1-9-8-19-14(17)15(9)4-5-18-13(16)12-7-10-2-3-11(12)6-10/h2-3,8,10-12H,4-7H2,1H3. The van der Waals surface area contributed by atoms with Gasteiger partial charge in [0.25, 0.3) is 0 Å². The van der Waals surface area contributed by atoms with Crippen LogP contribution < -0.4 is 4.87 Å². The van der Waals surface area contributed by atoms with Crippen LogP contribution in [0.25, 0.3) is 0 Å². The number of rotatable bonds is 4. The van der Waals surface area contributed by atoms with Crippen molar-refractivity contribution in [2.24, 2.45) is 17.8 Å². The second-order valence-corrected chi connectivity index (χ2v) is 6.17. The molecule has 1 aromatic rings. The van der Waals surface area contributed by atoms with Crippen molar-refractivity contribution in [3.05, 3.63) is 32.9 Å². The lowest BCUT2D eigenvalue weighted by Gasteiger charge is -2.16. The summed E-state index contributed by atoms with van der Waals surface area (Å²) in [6.07, 6.45) is 6.39. The van der Waals surface area contributed by atoms with E-state index in [0.29, 0.717) is 18.4 Å². The van der Waals surface area contributed by atoms with Gasteiger partial charge in [-0.2, -0.15) is 0 Å². The molecule has 1 fully saturated rings. The molecule has 4 nitrogen and oxygen atoms in total. The first-order chi connectivity index (χ1) is 9.15. The first kappa shape index (κ1) is 12.7. The maximum absolute atomic E-state index is 12.0. The Balaban J connectivity index is 1.52. The number of allylic oxidation sites excluding steroid dienone is 2. The average molecular weight is 279 g/mol. The van der Waals surface area contributed by atoms with Gasteiger partial charge in [0.1, 0.15) is 6.61 Å². The largest absolute Gasteiger partial charge is 0.464 e. The zero-order valence-corrected chi connectivity index (χ0v) is 11.7. The highest BCUT2D eigenvalue weighted by Gasteiger charge is 2.40. The van der Waals surface area contributed by atoms with E-state index in [1.54, 1.807) is 4.57 Å². The van der Waals surface area contributed by atoms with Crippen LogP contribution in [0.1, 0.15) is 18.5 Å². The van der Waals surface area contributed by atoms with Crippen molar-refractivity contribution in [1.29, 1.82) is 0 Å². The predicted molar refractivity (Wildman–Crippen MR) is 73.1 cm³/mol. The minimum atomic E-state index is -0.0993. The fraction of sp³-hybridized carbons (Fsp3) is 0.571. The van der Waals surface area contributed by atoms with Gasteiger partial charge in [-0.1, -0.05) is 23.5 Å². The summed E-state index contributed by atoms with van der Waals surface area (Å²) in [5.74, 6) is 0.889. The SMILES string of the molecule is Cc1csc(=O)n1CCOC(=O)C1CC2C=CC1C2. The van der Waals surface area contributed by atoms with Crippen molar-refractivity contribution in [2.45, 2.75) is 26.3 Å². The van der Waals surface area contributed by atoms with Crippen LogP contribution in [0.15, 0.2) is 22.3 Å². The van der Waals surface area contributed by atoms with Gasteiger partial charge in [0.05, 0.1) is 12.5 Å². The Kier molecular flexibility index (Phi) is 3.31.